The molecule has 2 aromatic rings. The van der Waals surface area contributed by atoms with E-state index in [1.165, 1.54) is 0 Å². The van der Waals surface area contributed by atoms with Crippen molar-refractivity contribution >= 4 is 11.8 Å². The number of hydrogen-bond acceptors (Lipinski definition) is 5. The Morgan fingerprint density at radius 1 is 0.912 bits per heavy atom. The van der Waals surface area contributed by atoms with Crippen LogP contribution in [0.15, 0.2) is 54.6 Å². The predicted octanol–water partition coefficient (Wildman–Crippen LogP) is 3.53. The molecule has 0 bridgehead atoms. The average Bonchev–Trinajstić information content (AvgIpc) is 3.30. The lowest BCUT2D eigenvalue weighted by molar-refractivity contribution is -0.141. The van der Waals surface area contributed by atoms with Crippen LogP contribution in [-0.4, -0.2) is 67.1 Å². The van der Waals surface area contributed by atoms with Crippen molar-refractivity contribution < 1.29 is 23.8 Å². The van der Waals surface area contributed by atoms with E-state index >= 15 is 0 Å². The first kappa shape index (κ1) is 22.6. The molecule has 5 rings (SSSR count). The molecular weight excluding hydrogens is 432 g/mol. The standard InChI is InChI=1S/C27H32N2O5/c30-25(11-6-18-32-21-7-2-1-3-8-21)28-15-12-27(13-16-28)14-17-29(20-27)26(31)24-19-33-22-9-4-5-10-23(22)34-24/h1-5,7-10,24H,6,11-20H2. The summed E-state index contributed by atoms with van der Waals surface area (Å²) in [5.41, 5.74) is 0.107. The second-order valence-electron chi connectivity index (χ2n) is 9.52. The first-order valence-electron chi connectivity index (χ1n) is 12.2. The van der Waals surface area contributed by atoms with Crippen molar-refractivity contribution in [3.8, 4) is 17.2 Å². The largest absolute Gasteiger partial charge is 0.494 e. The molecule has 0 aromatic heterocycles. The van der Waals surface area contributed by atoms with Crippen LogP contribution in [0.5, 0.6) is 17.2 Å². The summed E-state index contributed by atoms with van der Waals surface area (Å²) >= 11 is 0. The second kappa shape index (κ2) is 9.95. The molecule has 1 spiro atoms. The Morgan fingerprint density at radius 2 is 1.59 bits per heavy atom. The first-order chi connectivity index (χ1) is 16.6. The minimum Gasteiger partial charge on any atom is -0.494 e. The smallest absolute Gasteiger partial charge is 0.267 e. The van der Waals surface area contributed by atoms with Gasteiger partial charge in [0.25, 0.3) is 5.91 Å². The van der Waals surface area contributed by atoms with Gasteiger partial charge in [0.05, 0.1) is 6.61 Å². The van der Waals surface area contributed by atoms with Gasteiger partial charge in [-0.1, -0.05) is 30.3 Å². The number of hydrogen-bond donors (Lipinski definition) is 0. The van der Waals surface area contributed by atoms with Crippen LogP contribution in [-0.2, 0) is 9.59 Å². The van der Waals surface area contributed by atoms with Crippen molar-refractivity contribution in [3.05, 3.63) is 54.6 Å². The molecule has 2 amide bonds. The van der Waals surface area contributed by atoms with E-state index in [4.69, 9.17) is 14.2 Å². The van der Waals surface area contributed by atoms with Gasteiger partial charge in [0.2, 0.25) is 12.0 Å². The Morgan fingerprint density at radius 3 is 2.35 bits per heavy atom. The van der Waals surface area contributed by atoms with E-state index in [0.29, 0.717) is 30.9 Å². The number of fused-ring (bicyclic) bond motifs is 1. The zero-order valence-electron chi connectivity index (χ0n) is 19.5. The van der Waals surface area contributed by atoms with Crippen LogP contribution < -0.4 is 14.2 Å². The lowest BCUT2D eigenvalue weighted by Gasteiger charge is -2.39. The number of rotatable bonds is 6. The van der Waals surface area contributed by atoms with E-state index in [2.05, 4.69) is 0 Å². The highest BCUT2D eigenvalue weighted by atomic mass is 16.6. The molecule has 3 aliphatic heterocycles. The Labute approximate surface area is 200 Å². The molecule has 7 heteroatoms. The third kappa shape index (κ3) is 4.98. The number of carbonyl (C=O) groups excluding carboxylic acids is 2. The summed E-state index contributed by atoms with van der Waals surface area (Å²) < 4.78 is 17.4. The maximum Gasteiger partial charge on any atom is 0.267 e. The van der Waals surface area contributed by atoms with E-state index in [1.54, 1.807) is 0 Å². The molecule has 1 atom stereocenters. The number of ether oxygens (including phenoxy) is 3. The van der Waals surface area contributed by atoms with Crippen LogP contribution in [0, 0.1) is 5.41 Å². The minimum atomic E-state index is -0.593. The van der Waals surface area contributed by atoms with Gasteiger partial charge in [-0.3, -0.25) is 9.59 Å². The lowest BCUT2D eigenvalue weighted by atomic mass is 9.77. The van der Waals surface area contributed by atoms with Crippen LogP contribution in [0.25, 0.3) is 0 Å². The van der Waals surface area contributed by atoms with Gasteiger partial charge in [-0.05, 0) is 55.4 Å². The molecule has 3 aliphatic rings. The molecule has 2 aromatic carbocycles. The molecule has 2 saturated heterocycles. The van der Waals surface area contributed by atoms with Crippen molar-refractivity contribution in [1.29, 1.82) is 0 Å². The lowest BCUT2D eigenvalue weighted by Crippen LogP contribution is -2.48. The summed E-state index contributed by atoms with van der Waals surface area (Å²) in [6.45, 7) is 3.79. The van der Waals surface area contributed by atoms with E-state index in [-0.39, 0.29) is 23.8 Å². The second-order valence-corrected chi connectivity index (χ2v) is 9.52. The summed E-state index contributed by atoms with van der Waals surface area (Å²) in [6, 6.07) is 17.1. The van der Waals surface area contributed by atoms with Crippen molar-refractivity contribution in [2.75, 3.05) is 39.4 Å². The molecule has 0 radical (unpaired) electrons. The van der Waals surface area contributed by atoms with Crippen molar-refractivity contribution in [3.63, 3.8) is 0 Å². The third-order valence-electron chi connectivity index (χ3n) is 7.26. The third-order valence-corrected chi connectivity index (χ3v) is 7.26. The molecule has 0 aliphatic carbocycles. The predicted molar refractivity (Wildman–Crippen MR) is 127 cm³/mol. The van der Waals surface area contributed by atoms with Gasteiger partial charge in [-0.25, -0.2) is 0 Å². The van der Waals surface area contributed by atoms with Gasteiger partial charge in [0.1, 0.15) is 12.4 Å². The van der Waals surface area contributed by atoms with Crippen LogP contribution >= 0.6 is 0 Å². The topological polar surface area (TPSA) is 68.3 Å². The fraction of sp³-hybridized carbons (Fsp3) is 0.481. The molecule has 0 saturated carbocycles. The monoisotopic (exact) mass is 464 g/mol. The molecule has 180 valence electrons. The highest BCUT2D eigenvalue weighted by molar-refractivity contribution is 5.82. The summed E-state index contributed by atoms with van der Waals surface area (Å²) in [4.78, 5) is 29.7. The number of benzene rings is 2. The van der Waals surface area contributed by atoms with Crippen LogP contribution in [0.3, 0.4) is 0 Å². The Balaban J connectivity index is 1.06. The van der Waals surface area contributed by atoms with Crippen molar-refractivity contribution in [2.24, 2.45) is 5.41 Å². The van der Waals surface area contributed by atoms with Crippen molar-refractivity contribution in [1.82, 2.24) is 9.80 Å². The minimum absolute atomic E-state index is 0.00306. The summed E-state index contributed by atoms with van der Waals surface area (Å²) in [7, 11) is 0. The highest BCUT2D eigenvalue weighted by Gasteiger charge is 2.44. The SMILES string of the molecule is O=C(CCCOc1ccccc1)N1CCC2(CC1)CCN(C(=O)C1COc3ccccc3O1)C2. The normalized spacial score (nSPS) is 20.9. The van der Waals surface area contributed by atoms with Gasteiger partial charge >= 0.3 is 0 Å². The molecule has 0 N–H and O–H groups in total. The maximum absolute atomic E-state index is 13.1. The molecule has 3 heterocycles. The Bertz CT molecular complexity index is 1000. The molecule has 34 heavy (non-hydrogen) atoms. The van der Waals surface area contributed by atoms with E-state index in [1.807, 2.05) is 64.4 Å². The average molecular weight is 465 g/mol. The zero-order valence-corrected chi connectivity index (χ0v) is 19.5. The summed E-state index contributed by atoms with van der Waals surface area (Å²) in [5.74, 6) is 2.35. The molecule has 1 unspecified atom stereocenters. The molecule has 2 fully saturated rings. The van der Waals surface area contributed by atoms with Crippen LogP contribution in [0.2, 0.25) is 0 Å². The van der Waals surface area contributed by atoms with E-state index in [0.717, 1.165) is 51.2 Å². The van der Waals surface area contributed by atoms with Gasteiger partial charge in [0, 0.05) is 32.6 Å². The van der Waals surface area contributed by atoms with Crippen LogP contribution in [0.1, 0.15) is 32.1 Å². The van der Waals surface area contributed by atoms with Gasteiger partial charge in [-0.15, -0.1) is 0 Å². The van der Waals surface area contributed by atoms with Crippen LogP contribution in [0.4, 0.5) is 0 Å². The summed E-state index contributed by atoms with van der Waals surface area (Å²) in [5, 5.41) is 0. The number of nitrogens with zero attached hydrogens (tertiary/aromatic N) is 2. The van der Waals surface area contributed by atoms with E-state index in [9.17, 15) is 9.59 Å². The van der Waals surface area contributed by atoms with E-state index < -0.39 is 6.10 Å². The van der Waals surface area contributed by atoms with Gasteiger partial charge < -0.3 is 24.0 Å². The number of para-hydroxylation sites is 3. The first-order valence-corrected chi connectivity index (χ1v) is 12.2. The number of piperidine rings is 1. The van der Waals surface area contributed by atoms with Crippen molar-refractivity contribution in [2.45, 2.75) is 38.2 Å². The van der Waals surface area contributed by atoms with Gasteiger partial charge in [-0.2, -0.15) is 0 Å². The Hall–Kier alpha value is -3.22. The summed E-state index contributed by atoms with van der Waals surface area (Å²) in [6.07, 6.45) is 3.48. The number of carbonyl (C=O) groups is 2. The highest BCUT2D eigenvalue weighted by Crippen LogP contribution is 2.41. The zero-order chi connectivity index (χ0) is 23.4. The maximum atomic E-state index is 13.1. The molecule has 7 nitrogen and oxygen atoms in total. The quantitative estimate of drug-likeness (QED) is 0.612. The number of likely N-dealkylation sites (tertiary alicyclic amines) is 2. The fourth-order valence-electron chi connectivity index (χ4n) is 5.19. The molecular formula is C27H32N2O5. The number of amides is 2. The Kier molecular flexibility index (Phi) is 6.61. The van der Waals surface area contributed by atoms with Gasteiger partial charge in [0.15, 0.2) is 11.5 Å². The fourth-order valence-corrected chi connectivity index (χ4v) is 5.19.